The Morgan fingerprint density at radius 1 is 0.926 bits per heavy atom. The van der Waals surface area contributed by atoms with E-state index < -0.39 is 17.4 Å². The summed E-state index contributed by atoms with van der Waals surface area (Å²) >= 11 is 1.26. The molecule has 3 aliphatic rings. The Morgan fingerprint density at radius 2 is 1.59 bits per heavy atom. The summed E-state index contributed by atoms with van der Waals surface area (Å²) in [7, 11) is 0. The van der Waals surface area contributed by atoms with Gasteiger partial charge >= 0.3 is 0 Å². The number of benzene rings is 2. The molecule has 2 amide bonds. The Hall–Kier alpha value is -2.44. The maximum atomic E-state index is 13.4. The van der Waals surface area contributed by atoms with Gasteiger partial charge in [0.05, 0.1) is 17.5 Å². The Bertz CT molecular complexity index is 933. The maximum absolute atomic E-state index is 13.4. The summed E-state index contributed by atoms with van der Waals surface area (Å²) < 4.78 is 0. The van der Waals surface area contributed by atoms with Gasteiger partial charge < -0.3 is 0 Å². The van der Waals surface area contributed by atoms with Gasteiger partial charge in [0.15, 0.2) is 0 Å². The van der Waals surface area contributed by atoms with Crippen LogP contribution in [0.4, 0.5) is 5.69 Å². The third kappa shape index (κ3) is 2.26. The number of hydrogen-bond acceptors (Lipinski definition) is 5. The zero-order valence-electron chi connectivity index (χ0n) is 14.5. The third-order valence-corrected chi connectivity index (χ3v) is 6.96. The van der Waals surface area contributed by atoms with Gasteiger partial charge in [0, 0.05) is 11.8 Å². The average molecular weight is 378 g/mol. The highest BCUT2D eigenvalue weighted by molar-refractivity contribution is 8.14. The molecule has 0 bridgehead atoms. The number of amides is 2. The van der Waals surface area contributed by atoms with Gasteiger partial charge in [-0.05, 0) is 24.1 Å². The maximum Gasteiger partial charge on any atom is 0.240 e. The van der Waals surface area contributed by atoms with E-state index in [2.05, 4.69) is 5.32 Å². The largest absolute Gasteiger partial charge is 0.296 e. The Balaban J connectivity index is 1.64. The molecule has 27 heavy (non-hydrogen) atoms. The van der Waals surface area contributed by atoms with Crippen molar-refractivity contribution in [3.63, 3.8) is 0 Å². The third-order valence-electron chi connectivity index (χ3n) is 5.92. The molecule has 2 aromatic carbocycles. The molecule has 1 spiro atoms. The first-order chi connectivity index (χ1) is 13.1. The monoisotopic (exact) mass is 378 g/mol. The highest BCUT2D eigenvalue weighted by Gasteiger charge is 2.69. The zero-order chi connectivity index (χ0) is 18.6. The van der Waals surface area contributed by atoms with Crippen molar-refractivity contribution in [3.8, 4) is 0 Å². The van der Waals surface area contributed by atoms with Crippen molar-refractivity contribution in [1.82, 2.24) is 5.32 Å². The van der Waals surface area contributed by atoms with Gasteiger partial charge in [-0.2, -0.15) is 0 Å². The van der Waals surface area contributed by atoms with Crippen molar-refractivity contribution >= 4 is 34.4 Å². The van der Waals surface area contributed by atoms with Crippen LogP contribution in [0.3, 0.4) is 0 Å². The van der Waals surface area contributed by atoms with Gasteiger partial charge in [-0.1, -0.05) is 60.3 Å². The number of rotatable bonds is 2. The second-order valence-corrected chi connectivity index (χ2v) is 8.31. The van der Waals surface area contributed by atoms with E-state index in [1.54, 1.807) is 12.1 Å². The molecule has 0 aliphatic carbocycles. The molecule has 3 heterocycles. The van der Waals surface area contributed by atoms with Gasteiger partial charge in [0.1, 0.15) is 5.54 Å². The lowest BCUT2D eigenvalue weighted by Gasteiger charge is -2.28. The smallest absolute Gasteiger partial charge is 0.240 e. The standard InChI is InChI=1S/C21H18N2O3S/c24-18-15-16(19(25)23(18)14-9-5-2-6-10-14)21(11-12-27-20(21)26)22-17(15)13-7-3-1-4-8-13/h1-10,15-17,22H,11-12H2/t15-,16-,17+,21+/m1/s1. The minimum atomic E-state index is -0.952. The summed E-state index contributed by atoms with van der Waals surface area (Å²) in [6, 6.07) is 18.3. The van der Waals surface area contributed by atoms with Crippen LogP contribution in [0.2, 0.25) is 0 Å². The lowest BCUT2D eigenvalue weighted by Crippen LogP contribution is -2.52. The Kier molecular flexibility index (Phi) is 3.74. The number of nitrogens with one attached hydrogen (secondary N) is 1. The van der Waals surface area contributed by atoms with Crippen molar-refractivity contribution in [2.24, 2.45) is 11.8 Å². The number of anilines is 1. The fourth-order valence-corrected chi connectivity index (χ4v) is 5.89. The fraction of sp³-hybridized carbons (Fsp3) is 0.286. The predicted octanol–water partition coefficient (Wildman–Crippen LogP) is 2.54. The van der Waals surface area contributed by atoms with Crippen LogP contribution in [-0.2, 0) is 14.4 Å². The summed E-state index contributed by atoms with van der Waals surface area (Å²) in [5.41, 5.74) is 0.554. The number of fused-ring (bicyclic) bond motifs is 2. The van der Waals surface area contributed by atoms with E-state index >= 15 is 0 Å². The van der Waals surface area contributed by atoms with Crippen LogP contribution in [0.25, 0.3) is 0 Å². The molecule has 5 rings (SSSR count). The van der Waals surface area contributed by atoms with E-state index in [0.717, 1.165) is 5.56 Å². The highest BCUT2D eigenvalue weighted by Crippen LogP contribution is 2.54. The summed E-state index contributed by atoms with van der Waals surface area (Å²) in [6.45, 7) is 0. The van der Waals surface area contributed by atoms with E-state index in [4.69, 9.17) is 0 Å². The van der Waals surface area contributed by atoms with Gasteiger partial charge in [0.25, 0.3) is 0 Å². The molecule has 3 fully saturated rings. The fourth-order valence-electron chi connectivity index (χ4n) is 4.73. The predicted molar refractivity (Wildman–Crippen MR) is 103 cm³/mol. The second kappa shape index (κ2) is 6.04. The molecular formula is C21H18N2O3S. The topological polar surface area (TPSA) is 66.5 Å². The minimum absolute atomic E-state index is 0.0213. The van der Waals surface area contributed by atoms with Crippen LogP contribution in [0.1, 0.15) is 18.0 Å². The number of hydrogen-bond donors (Lipinski definition) is 1. The highest BCUT2D eigenvalue weighted by atomic mass is 32.2. The van der Waals surface area contributed by atoms with Crippen LogP contribution < -0.4 is 10.2 Å². The van der Waals surface area contributed by atoms with Gasteiger partial charge in [-0.15, -0.1) is 0 Å². The molecule has 5 nitrogen and oxygen atoms in total. The van der Waals surface area contributed by atoms with Crippen LogP contribution in [-0.4, -0.2) is 28.2 Å². The lowest BCUT2D eigenvalue weighted by atomic mass is 9.79. The van der Waals surface area contributed by atoms with E-state index in [0.29, 0.717) is 17.9 Å². The molecule has 2 aromatic rings. The SMILES string of the molecule is O=C1[C@H]2[C@H](c3ccccc3)N[C@@]3(CCSC3=O)[C@H]2C(=O)N1c1ccccc1. The number of nitrogens with zero attached hydrogens (tertiary/aromatic N) is 1. The first kappa shape index (κ1) is 16.7. The molecule has 136 valence electrons. The van der Waals surface area contributed by atoms with Crippen molar-refractivity contribution in [2.45, 2.75) is 18.0 Å². The number of carbonyl (C=O) groups excluding carboxylic acids is 3. The van der Waals surface area contributed by atoms with E-state index in [9.17, 15) is 14.4 Å². The number of para-hydroxylation sites is 1. The second-order valence-electron chi connectivity index (χ2n) is 7.24. The molecular weight excluding hydrogens is 360 g/mol. The van der Waals surface area contributed by atoms with Crippen LogP contribution in [0.15, 0.2) is 60.7 Å². The average Bonchev–Trinajstić information content (AvgIpc) is 3.32. The van der Waals surface area contributed by atoms with Gasteiger partial charge in [-0.3, -0.25) is 19.7 Å². The van der Waals surface area contributed by atoms with E-state index in [-0.39, 0.29) is 23.0 Å². The van der Waals surface area contributed by atoms with Crippen LogP contribution >= 0.6 is 11.8 Å². The van der Waals surface area contributed by atoms with Gasteiger partial charge in [0.2, 0.25) is 16.9 Å². The Labute approximate surface area is 161 Å². The molecule has 0 saturated carbocycles. The molecule has 4 atom stereocenters. The summed E-state index contributed by atoms with van der Waals surface area (Å²) in [6.07, 6.45) is 0.572. The van der Waals surface area contributed by atoms with Crippen molar-refractivity contribution in [1.29, 1.82) is 0 Å². The summed E-state index contributed by atoms with van der Waals surface area (Å²) in [5.74, 6) is -1.04. The number of thioether (sulfide) groups is 1. The van der Waals surface area contributed by atoms with Crippen LogP contribution in [0, 0.1) is 11.8 Å². The molecule has 3 aliphatic heterocycles. The molecule has 1 N–H and O–H groups in total. The molecule has 0 aromatic heterocycles. The normalized spacial score (nSPS) is 32.5. The van der Waals surface area contributed by atoms with Crippen molar-refractivity contribution in [2.75, 3.05) is 10.7 Å². The number of carbonyl (C=O) groups is 3. The quantitative estimate of drug-likeness (QED) is 0.814. The Morgan fingerprint density at radius 3 is 2.22 bits per heavy atom. The first-order valence-electron chi connectivity index (χ1n) is 9.06. The molecule has 6 heteroatoms. The first-order valence-corrected chi connectivity index (χ1v) is 10.0. The summed E-state index contributed by atoms with van der Waals surface area (Å²) in [5, 5.41) is 3.41. The zero-order valence-corrected chi connectivity index (χ0v) is 15.3. The number of imide groups is 1. The molecule has 0 unspecified atom stereocenters. The van der Waals surface area contributed by atoms with Crippen molar-refractivity contribution in [3.05, 3.63) is 66.2 Å². The van der Waals surface area contributed by atoms with E-state index in [1.807, 2.05) is 48.5 Å². The summed E-state index contributed by atoms with van der Waals surface area (Å²) in [4.78, 5) is 40.9. The van der Waals surface area contributed by atoms with Crippen LogP contribution in [0.5, 0.6) is 0 Å². The minimum Gasteiger partial charge on any atom is -0.296 e. The molecule has 3 saturated heterocycles. The van der Waals surface area contributed by atoms with E-state index in [1.165, 1.54) is 16.7 Å². The lowest BCUT2D eigenvalue weighted by molar-refractivity contribution is -0.127. The molecule has 0 radical (unpaired) electrons. The van der Waals surface area contributed by atoms with Gasteiger partial charge in [-0.25, -0.2) is 4.90 Å². The van der Waals surface area contributed by atoms with Crippen molar-refractivity contribution < 1.29 is 14.4 Å².